The van der Waals surface area contributed by atoms with Crippen molar-refractivity contribution >= 4 is 15.4 Å². The molecule has 0 saturated heterocycles. The highest BCUT2D eigenvalue weighted by Crippen LogP contribution is 2.33. The largest absolute Gasteiger partial charge is 0.382 e. The van der Waals surface area contributed by atoms with E-state index in [0.717, 1.165) is 0 Å². The predicted molar refractivity (Wildman–Crippen MR) is 38.3 cm³/mol. The fourth-order valence-corrected chi connectivity index (χ4v) is 0.736. The first kappa shape index (κ1) is 10.2. The first-order valence-corrected chi connectivity index (χ1v) is 4.68. The Hall–Kier alpha value is 0.175. The minimum atomic E-state index is -3.87. The summed E-state index contributed by atoms with van der Waals surface area (Å²) < 4.78 is 14.9. The maximum Gasteiger partial charge on any atom is 0.327 e. The molecule has 6 heteroatoms. The van der Waals surface area contributed by atoms with Crippen LogP contribution in [-0.2, 0) is 9.30 Å². The van der Waals surface area contributed by atoms with Crippen molar-refractivity contribution < 1.29 is 19.1 Å². The summed E-state index contributed by atoms with van der Waals surface area (Å²) in [7, 11) is 1.19. The van der Waals surface area contributed by atoms with Gasteiger partial charge in [-0.15, -0.1) is 0 Å². The molecule has 10 heavy (non-hydrogen) atoms. The van der Waals surface area contributed by atoms with Gasteiger partial charge in [0.05, 0.1) is 20.6 Å². The van der Waals surface area contributed by atoms with Crippen molar-refractivity contribution in [1.82, 2.24) is 0 Å². The monoisotopic (exact) mass is 164 g/mol. The van der Waals surface area contributed by atoms with Crippen LogP contribution in [0.15, 0.2) is 0 Å². The summed E-state index contributed by atoms with van der Waals surface area (Å²) in [4.78, 5) is 16.6. The van der Waals surface area contributed by atoms with Crippen LogP contribution in [0.25, 0.3) is 0 Å². The molecule has 0 unspecified atom stereocenters. The fraction of sp³-hybridized carbons (Fsp3) is 1.00. The molecule has 0 aromatic carbocycles. The van der Waals surface area contributed by atoms with Crippen LogP contribution in [-0.4, -0.2) is 37.0 Å². The van der Waals surface area contributed by atoms with E-state index in [-0.39, 0.29) is 12.8 Å². The van der Waals surface area contributed by atoms with Gasteiger partial charge in [-0.25, -0.2) is 0 Å². The number of hydrogen-bond donors (Lipinski definition) is 2. The van der Waals surface area contributed by atoms with Gasteiger partial charge in [-0.1, -0.05) is 6.32 Å². The minimum Gasteiger partial charge on any atom is -0.382 e. The Labute approximate surface area is 61.2 Å². The molecule has 4 nitrogen and oxygen atoms in total. The van der Waals surface area contributed by atoms with E-state index in [2.05, 4.69) is 0 Å². The molecule has 0 rings (SSSR count). The normalized spacial score (nSPS) is 11.8. The number of ether oxygens (including phenoxy) is 1. The van der Waals surface area contributed by atoms with Crippen LogP contribution in [0, 0.1) is 0 Å². The summed E-state index contributed by atoms with van der Waals surface area (Å²) in [5.74, 6) is 0. The van der Waals surface area contributed by atoms with E-state index in [4.69, 9.17) is 22.4 Å². The number of hydrogen-bond acceptors (Lipinski definition) is 2. The van der Waals surface area contributed by atoms with Gasteiger partial charge in [0.15, 0.2) is 0 Å². The molecule has 0 amide bonds. The van der Waals surface area contributed by atoms with Crippen LogP contribution < -0.4 is 0 Å². The molecule has 0 aliphatic carbocycles. The van der Waals surface area contributed by atoms with Gasteiger partial charge in [-0.2, -0.15) is 0 Å². The molecular weight excluding hydrogens is 154 g/mol. The maximum absolute atomic E-state index is 10.2. The van der Waals surface area contributed by atoms with E-state index < -0.39 is 7.60 Å². The Morgan fingerprint density at radius 2 is 2.00 bits per heavy atom. The molecule has 0 saturated carbocycles. The molecule has 0 aromatic heterocycles. The quantitative estimate of drug-likeness (QED) is 0.334. The molecule has 0 aromatic rings. The third-order valence-corrected chi connectivity index (χ3v) is 1.55. The molecule has 0 fully saturated rings. The van der Waals surface area contributed by atoms with Crippen LogP contribution in [0.5, 0.6) is 0 Å². The first-order valence-electron chi connectivity index (χ1n) is 2.88. The fourth-order valence-electron chi connectivity index (χ4n) is 0.369. The van der Waals surface area contributed by atoms with Crippen LogP contribution in [0.4, 0.5) is 0 Å². The lowest BCUT2D eigenvalue weighted by Gasteiger charge is -2.03. The molecule has 2 N–H and O–H groups in total. The Balaban J connectivity index is 3.13. The summed E-state index contributed by atoms with van der Waals surface area (Å²) in [5, 5.41) is 0. The van der Waals surface area contributed by atoms with Crippen molar-refractivity contribution in [1.29, 1.82) is 0 Å². The Morgan fingerprint density at radius 1 is 1.40 bits per heavy atom. The smallest absolute Gasteiger partial charge is 0.327 e. The average molecular weight is 164 g/mol. The van der Waals surface area contributed by atoms with Crippen LogP contribution in [0.2, 0.25) is 6.32 Å². The van der Waals surface area contributed by atoms with E-state index in [1.54, 1.807) is 0 Å². The van der Waals surface area contributed by atoms with Crippen LogP contribution in [0.3, 0.4) is 0 Å². The second-order valence-corrected chi connectivity index (χ2v) is 3.57. The summed E-state index contributed by atoms with van der Waals surface area (Å²) in [5.41, 5.74) is 0. The van der Waals surface area contributed by atoms with Crippen LogP contribution >= 0.6 is 7.60 Å². The molecule has 0 spiro atoms. The topological polar surface area (TPSA) is 66.8 Å². The predicted octanol–water partition coefficient (Wildman–Crippen LogP) is -0.233. The molecule has 0 heterocycles. The van der Waals surface area contributed by atoms with Gasteiger partial charge < -0.3 is 14.5 Å². The van der Waals surface area contributed by atoms with Gasteiger partial charge >= 0.3 is 7.60 Å². The Morgan fingerprint density at radius 3 is 2.40 bits per heavy atom. The van der Waals surface area contributed by atoms with Gasteiger partial charge in [0.1, 0.15) is 0 Å². The van der Waals surface area contributed by atoms with Gasteiger partial charge in [0, 0.05) is 6.61 Å². The second-order valence-electron chi connectivity index (χ2n) is 1.79. The van der Waals surface area contributed by atoms with Crippen molar-refractivity contribution in [2.24, 2.45) is 0 Å². The van der Waals surface area contributed by atoms with Crippen molar-refractivity contribution in [2.75, 3.05) is 19.4 Å². The lowest BCUT2D eigenvalue weighted by Crippen LogP contribution is -2.01. The molecule has 0 atom stereocenters. The highest BCUT2D eigenvalue weighted by atomic mass is 31.2. The standard InChI is InChI=1S/C4H10BO4P/c5-1-2-9-3-4-10(6,7)8/h1-4H2,(H2,6,7,8). The molecule has 0 aliphatic heterocycles. The number of rotatable bonds is 5. The molecular formula is C4H10BO4P. The lowest BCUT2D eigenvalue weighted by molar-refractivity contribution is 0.159. The van der Waals surface area contributed by atoms with Gasteiger partial charge in [-0.3, -0.25) is 4.57 Å². The summed E-state index contributed by atoms with van der Waals surface area (Å²) in [6.07, 6.45) is 0.147. The van der Waals surface area contributed by atoms with E-state index in [1.165, 1.54) is 0 Å². The van der Waals surface area contributed by atoms with Gasteiger partial charge in [-0.05, 0) is 0 Å². The summed E-state index contributed by atoms with van der Waals surface area (Å²) in [6, 6.07) is 0. The SMILES string of the molecule is [B]CCOCCP(=O)(O)O. The summed E-state index contributed by atoms with van der Waals surface area (Å²) >= 11 is 0. The van der Waals surface area contributed by atoms with Crippen molar-refractivity contribution in [3.63, 3.8) is 0 Å². The average Bonchev–Trinajstić information content (AvgIpc) is 1.78. The van der Waals surface area contributed by atoms with Gasteiger partial charge in [0.25, 0.3) is 0 Å². The molecule has 0 aliphatic rings. The molecule has 58 valence electrons. The summed E-state index contributed by atoms with van der Waals surface area (Å²) in [6.45, 7) is 0.418. The van der Waals surface area contributed by atoms with E-state index >= 15 is 0 Å². The third-order valence-electron chi connectivity index (χ3n) is 0.789. The molecule has 2 radical (unpaired) electrons. The van der Waals surface area contributed by atoms with Crippen molar-refractivity contribution in [2.45, 2.75) is 6.32 Å². The lowest BCUT2D eigenvalue weighted by atomic mass is 10.1. The van der Waals surface area contributed by atoms with Crippen molar-refractivity contribution in [3.8, 4) is 0 Å². The Bertz CT molecular complexity index is 122. The van der Waals surface area contributed by atoms with Crippen LogP contribution in [0.1, 0.15) is 0 Å². The Kier molecular flexibility index (Phi) is 5.00. The minimum absolute atomic E-state index is 0.0709. The second kappa shape index (κ2) is 4.91. The third kappa shape index (κ3) is 8.17. The zero-order valence-electron chi connectivity index (χ0n) is 5.56. The zero-order valence-corrected chi connectivity index (χ0v) is 6.46. The maximum atomic E-state index is 10.2. The first-order chi connectivity index (χ1) is 4.56. The molecule has 0 bridgehead atoms. The highest BCUT2D eigenvalue weighted by Gasteiger charge is 2.10. The van der Waals surface area contributed by atoms with E-state index in [1.807, 2.05) is 0 Å². The van der Waals surface area contributed by atoms with Gasteiger partial charge in [0.2, 0.25) is 0 Å². The zero-order chi connectivity index (χ0) is 8.04. The van der Waals surface area contributed by atoms with E-state index in [9.17, 15) is 4.57 Å². The van der Waals surface area contributed by atoms with E-state index in [0.29, 0.717) is 12.9 Å². The van der Waals surface area contributed by atoms with Crippen molar-refractivity contribution in [3.05, 3.63) is 0 Å². The highest BCUT2D eigenvalue weighted by molar-refractivity contribution is 7.51.